The Morgan fingerprint density at radius 1 is 1.40 bits per heavy atom. The molecule has 1 atom stereocenters. The second-order valence-electron chi connectivity index (χ2n) is 4.24. The van der Waals surface area contributed by atoms with E-state index in [2.05, 4.69) is 5.32 Å². The summed E-state index contributed by atoms with van der Waals surface area (Å²) in [6, 6.07) is 11.7. The van der Waals surface area contributed by atoms with Gasteiger partial charge >= 0.3 is 0 Å². The summed E-state index contributed by atoms with van der Waals surface area (Å²) in [7, 11) is 1.64. The molecule has 1 aromatic carbocycles. The number of hydrogen-bond acceptors (Lipinski definition) is 4. The SMILES string of the molecule is COc1cccc(SC(C)C(=O)NCc2cccs2)c1. The number of carbonyl (C=O) groups excluding carboxylic acids is 1. The summed E-state index contributed by atoms with van der Waals surface area (Å²) in [5, 5.41) is 4.83. The zero-order valence-electron chi connectivity index (χ0n) is 11.5. The monoisotopic (exact) mass is 307 g/mol. The van der Waals surface area contributed by atoms with E-state index in [-0.39, 0.29) is 11.2 Å². The van der Waals surface area contributed by atoms with Crippen LogP contribution in [0.4, 0.5) is 0 Å². The normalized spacial score (nSPS) is 11.9. The molecule has 2 rings (SSSR count). The molecule has 0 saturated carbocycles. The van der Waals surface area contributed by atoms with Crippen LogP contribution in [0, 0.1) is 0 Å². The average Bonchev–Trinajstić information content (AvgIpc) is 2.98. The third-order valence-electron chi connectivity index (χ3n) is 2.74. The third-order valence-corrected chi connectivity index (χ3v) is 4.71. The number of carbonyl (C=O) groups is 1. The molecule has 0 aliphatic rings. The first kappa shape index (κ1) is 14.9. The average molecular weight is 307 g/mol. The van der Waals surface area contributed by atoms with Crippen molar-refractivity contribution in [3.05, 3.63) is 46.7 Å². The van der Waals surface area contributed by atoms with Gasteiger partial charge in [0, 0.05) is 9.77 Å². The second-order valence-corrected chi connectivity index (χ2v) is 6.68. The Morgan fingerprint density at radius 3 is 2.95 bits per heavy atom. The molecule has 1 amide bonds. The van der Waals surface area contributed by atoms with E-state index in [0.29, 0.717) is 6.54 Å². The van der Waals surface area contributed by atoms with Crippen molar-refractivity contribution in [2.45, 2.75) is 23.6 Å². The molecule has 1 N–H and O–H groups in total. The van der Waals surface area contributed by atoms with Gasteiger partial charge in [0.1, 0.15) is 5.75 Å². The van der Waals surface area contributed by atoms with Gasteiger partial charge in [-0.3, -0.25) is 4.79 Å². The van der Waals surface area contributed by atoms with Gasteiger partial charge in [-0.15, -0.1) is 23.1 Å². The molecule has 1 aromatic heterocycles. The van der Waals surface area contributed by atoms with Crippen LogP contribution in [-0.4, -0.2) is 18.3 Å². The van der Waals surface area contributed by atoms with Crippen molar-refractivity contribution in [2.75, 3.05) is 7.11 Å². The van der Waals surface area contributed by atoms with E-state index < -0.39 is 0 Å². The van der Waals surface area contributed by atoms with Crippen LogP contribution in [0.25, 0.3) is 0 Å². The maximum Gasteiger partial charge on any atom is 0.233 e. The van der Waals surface area contributed by atoms with Gasteiger partial charge in [-0.2, -0.15) is 0 Å². The van der Waals surface area contributed by atoms with Gasteiger partial charge in [0.25, 0.3) is 0 Å². The lowest BCUT2D eigenvalue weighted by Crippen LogP contribution is -2.30. The van der Waals surface area contributed by atoms with Crippen LogP contribution in [0.2, 0.25) is 0 Å². The quantitative estimate of drug-likeness (QED) is 0.829. The van der Waals surface area contributed by atoms with E-state index in [4.69, 9.17) is 4.74 Å². The number of rotatable bonds is 6. The third kappa shape index (κ3) is 4.28. The molecule has 5 heteroatoms. The van der Waals surface area contributed by atoms with Gasteiger partial charge in [0.05, 0.1) is 18.9 Å². The molecular weight excluding hydrogens is 290 g/mol. The van der Waals surface area contributed by atoms with Crippen molar-refractivity contribution in [1.29, 1.82) is 0 Å². The first-order valence-electron chi connectivity index (χ1n) is 6.30. The number of ether oxygens (including phenoxy) is 1. The smallest absolute Gasteiger partial charge is 0.233 e. The van der Waals surface area contributed by atoms with Crippen LogP contribution in [0.5, 0.6) is 5.75 Å². The van der Waals surface area contributed by atoms with Crippen molar-refractivity contribution in [2.24, 2.45) is 0 Å². The van der Waals surface area contributed by atoms with Crippen molar-refractivity contribution >= 4 is 29.0 Å². The summed E-state index contributed by atoms with van der Waals surface area (Å²) >= 11 is 3.18. The minimum atomic E-state index is -0.137. The Labute approximate surface area is 127 Å². The number of nitrogens with one attached hydrogen (secondary N) is 1. The minimum Gasteiger partial charge on any atom is -0.497 e. The first-order valence-corrected chi connectivity index (χ1v) is 8.06. The summed E-state index contributed by atoms with van der Waals surface area (Å²) in [6.07, 6.45) is 0. The summed E-state index contributed by atoms with van der Waals surface area (Å²) in [4.78, 5) is 14.2. The van der Waals surface area contributed by atoms with Crippen molar-refractivity contribution < 1.29 is 9.53 Å². The first-order chi connectivity index (χ1) is 9.69. The molecule has 0 bridgehead atoms. The van der Waals surface area contributed by atoms with E-state index in [1.807, 2.05) is 48.7 Å². The van der Waals surface area contributed by atoms with Gasteiger partial charge in [-0.1, -0.05) is 12.1 Å². The van der Waals surface area contributed by atoms with Crippen LogP contribution < -0.4 is 10.1 Å². The van der Waals surface area contributed by atoms with Crippen molar-refractivity contribution in [3.63, 3.8) is 0 Å². The highest BCUT2D eigenvalue weighted by Gasteiger charge is 2.14. The fraction of sp³-hybridized carbons (Fsp3) is 0.267. The van der Waals surface area contributed by atoms with Gasteiger partial charge < -0.3 is 10.1 Å². The van der Waals surface area contributed by atoms with Crippen LogP contribution in [-0.2, 0) is 11.3 Å². The molecule has 0 radical (unpaired) electrons. The molecule has 0 saturated heterocycles. The van der Waals surface area contributed by atoms with Crippen LogP contribution in [0.15, 0.2) is 46.7 Å². The largest absolute Gasteiger partial charge is 0.497 e. The Bertz CT molecular complexity index is 555. The zero-order chi connectivity index (χ0) is 14.4. The van der Waals surface area contributed by atoms with E-state index in [0.717, 1.165) is 15.5 Å². The molecule has 0 aliphatic carbocycles. The Hall–Kier alpha value is -1.46. The minimum absolute atomic E-state index is 0.0474. The van der Waals surface area contributed by atoms with E-state index in [9.17, 15) is 4.79 Å². The van der Waals surface area contributed by atoms with Crippen molar-refractivity contribution in [3.8, 4) is 5.75 Å². The molecular formula is C15H17NO2S2. The zero-order valence-corrected chi connectivity index (χ0v) is 13.1. The maximum atomic E-state index is 12.0. The number of thioether (sulfide) groups is 1. The number of thiophene rings is 1. The predicted molar refractivity (Wildman–Crippen MR) is 84.5 cm³/mol. The second kappa shape index (κ2) is 7.36. The highest BCUT2D eigenvalue weighted by Crippen LogP contribution is 2.26. The van der Waals surface area contributed by atoms with E-state index >= 15 is 0 Å². The molecule has 106 valence electrons. The fourth-order valence-electron chi connectivity index (χ4n) is 1.66. The molecule has 0 aliphatic heterocycles. The highest BCUT2D eigenvalue weighted by atomic mass is 32.2. The molecule has 1 unspecified atom stereocenters. The van der Waals surface area contributed by atoms with E-state index in [1.165, 1.54) is 11.8 Å². The summed E-state index contributed by atoms with van der Waals surface area (Å²) in [5.41, 5.74) is 0. The number of hydrogen-bond donors (Lipinski definition) is 1. The summed E-state index contributed by atoms with van der Waals surface area (Å²) < 4.78 is 5.18. The Balaban J connectivity index is 1.86. The van der Waals surface area contributed by atoms with Gasteiger partial charge in [0.15, 0.2) is 0 Å². The Kier molecular flexibility index (Phi) is 5.49. The fourth-order valence-corrected chi connectivity index (χ4v) is 3.25. The molecule has 0 fully saturated rings. The van der Waals surface area contributed by atoms with Gasteiger partial charge in [0.2, 0.25) is 5.91 Å². The van der Waals surface area contributed by atoms with E-state index in [1.54, 1.807) is 18.4 Å². The van der Waals surface area contributed by atoms with Crippen molar-refractivity contribution in [1.82, 2.24) is 5.32 Å². The van der Waals surface area contributed by atoms with Crippen LogP contribution in [0.1, 0.15) is 11.8 Å². The van der Waals surface area contributed by atoms with Crippen LogP contribution in [0.3, 0.4) is 0 Å². The van der Waals surface area contributed by atoms with Gasteiger partial charge in [-0.25, -0.2) is 0 Å². The Morgan fingerprint density at radius 2 is 2.25 bits per heavy atom. The molecule has 3 nitrogen and oxygen atoms in total. The standard InChI is InChI=1S/C15H17NO2S2/c1-11(15(17)16-10-14-7-4-8-19-14)20-13-6-3-5-12(9-13)18-2/h3-9,11H,10H2,1-2H3,(H,16,17). The molecule has 0 spiro atoms. The lowest BCUT2D eigenvalue weighted by molar-refractivity contribution is -0.120. The molecule has 20 heavy (non-hydrogen) atoms. The summed E-state index contributed by atoms with van der Waals surface area (Å²) in [5.74, 6) is 0.854. The van der Waals surface area contributed by atoms with Gasteiger partial charge in [-0.05, 0) is 36.6 Å². The highest BCUT2D eigenvalue weighted by molar-refractivity contribution is 8.00. The van der Waals surface area contributed by atoms with Crippen LogP contribution >= 0.6 is 23.1 Å². The summed E-state index contributed by atoms with van der Waals surface area (Å²) in [6.45, 7) is 2.51. The topological polar surface area (TPSA) is 38.3 Å². The molecule has 1 heterocycles. The maximum absolute atomic E-state index is 12.0. The number of amides is 1. The lowest BCUT2D eigenvalue weighted by atomic mass is 10.3. The molecule has 2 aromatic rings. The number of benzene rings is 1. The predicted octanol–water partition coefficient (Wildman–Crippen LogP) is 3.55. The number of methoxy groups -OCH3 is 1. The lowest BCUT2D eigenvalue weighted by Gasteiger charge is -2.12.